The summed E-state index contributed by atoms with van der Waals surface area (Å²) in [5.74, 6) is 0.435. The quantitative estimate of drug-likeness (QED) is 0.710. The van der Waals surface area contributed by atoms with Gasteiger partial charge in [-0.05, 0) is 24.1 Å². The highest BCUT2D eigenvalue weighted by molar-refractivity contribution is 7.89. The predicted octanol–water partition coefficient (Wildman–Crippen LogP) is 1.51. The first-order valence-corrected chi connectivity index (χ1v) is 7.67. The molecule has 0 N–H and O–H groups in total. The van der Waals surface area contributed by atoms with E-state index in [1.54, 1.807) is 12.4 Å². The lowest BCUT2D eigenvalue weighted by Gasteiger charge is -2.19. The summed E-state index contributed by atoms with van der Waals surface area (Å²) in [7, 11) is -3.20. The van der Waals surface area contributed by atoms with Crippen LogP contribution in [0.2, 0.25) is 0 Å². The number of alkyl halides is 1. The summed E-state index contributed by atoms with van der Waals surface area (Å²) >= 11 is 5.58. The Morgan fingerprint density at radius 2 is 2.00 bits per heavy atom. The zero-order chi connectivity index (χ0) is 12.7. The molecule has 96 valence electrons. The van der Waals surface area contributed by atoms with Crippen molar-refractivity contribution in [3.05, 3.63) is 30.1 Å². The van der Waals surface area contributed by atoms with Crippen molar-refractivity contribution in [2.75, 3.05) is 24.7 Å². The van der Waals surface area contributed by atoms with Crippen molar-refractivity contribution in [3.63, 3.8) is 0 Å². The first kappa shape index (κ1) is 14.4. The lowest BCUT2D eigenvalue weighted by molar-refractivity contribution is 0.446. The molecule has 4 nitrogen and oxygen atoms in total. The maximum absolute atomic E-state index is 12.0. The van der Waals surface area contributed by atoms with Crippen LogP contribution < -0.4 is 0 Å². The van der Waals surface area contributed by atoms with Gasteiger partial charge < -0.3 is 0 Å². The lowest BCUT2D eigenvalue weighted by Crippen LogP contribution is -2.35. The van der Waals surface area contributed by atoms with Crippen LogP contribution in [0.5, 0.6) is 0 Å². The van der Waals surface area contributed by atoms with E-state index < -0.39 is 10.0 Å². The molecular formula is C11H17ClN2O2S. The molecule has 0 fully saturated rings. The molecular weight excluding hydrogens is 260 g/mol. The predicted molar refractivity (Wildman–Crippen MR) is 69.7 cm³/mol. The van der Waals surface area contributed by atoms with Crippen molar-refractivity contribution in [3.8, 4) is 0 Å². The molecule has 1 rings (SSSR count). The minimum absolute atomic E-state index is 0.113. The molecule has 6 heteroatoms. The molecule has 0 aliphatic heterocycles. The number of halogens is 1. The van der Waals surface area contributed by atoms with Crippen LogP contribution in [0, 0.1) is 0 Å². The van der Waals surface area contributed by atoms with Gasteiger partial charge in [0, 0.05) is 31.4 Å². The van der Waals surface area contributed by atoms with Crippen LogP contribution in [0.25, 0.3) is 0 Å². The van der Waals surface area contributed by atoms with Gasteiger partial charge in [0.25, 0.3) is 0 Å². The fourth-order valence-corrected chi connectivity index (χ4v) is 3.33. The third-order valence-corrected chi connectivity index (χ3v) is 4.59. The molecule has 0 aromatic carbocycles. The number of pyridine rings is 1. The zero-order valence-corrected chi connectivity index (χ0v) is 11.4. The van der Waals surface area contributed by atoms with Crippen LogP contribution in [-0.2, 0) is 16.4 Å². The van der Waals surface area contributed by atoms with Crippen LogP contribution in [0.15, 0.2) is 24.5 Å². The Hall–Kier alpha value is -0.650. The van der Waals surface area contributed by atoms with E-state index in [0.717, 1.165) is 5.56 Å². The summed E-state index contributed by atoms with van der Waals surface area (Å²) in [4.78, 5) is 3.89. The van der Waals surface area contributed by atoms with Crippen molar-refractivity contribution >= 4 is 21.6 Å². The minimum atomic E-state index is -3.20. The van der Waals surface area contributed by atoms with Crippen LogP contribution in [-0.4, -0.2) is 42.4 Å². The maximum Gasteiger partial charge on any atom is 0.214 e. The lowest BCUT2D eigenvalue weighted by atomic mass is 10.2. The smallest absolute Gasteiger partial charge is 0.214 e. The zero-order valence-electron chi connectivity index (χ0n) is 9.84. The second kappa shape index (κ2) is 6.93. The Kier molecular flexibility index (Phi) is 5.88. The summed E-state index contributed by atoms with van der Waals surface area (Å²) < 4.78 is 25.4. The number of nitrogens with zero attached hydrogens (tertiary/aromatic N) is 2. The van der Waals surface area contributed by atoms with Crippen LogP contribution in [0.3, 0.4) is 0 Å². The van der Waals surface area contributed by atoms with E-state index in [2.05, 4.69) is 4.98 Å². The third-order valence-electron chi connectivity index (χ3n) is 2.48. The van der Waals surface area contributed by atoms with E-state index in [9.17, 15) is 8.42 Å². The summed E-state index contributed by atoms with van der Waals surface area (Å²) in [6.07, 6.45) is 3.83. The molecule has 0 aliphatic carbocycles. The largest absolute Gasteiger partial charge is 0.265 e. The SMILES string of the molecule is CCN(CCCl)S(=O)(=O)CCc1ccncc1. The number of aryl methyl sites for hydroxylation is 1. The number of aromatic nitrogens is 1. The average molecular weight is 277 g/mol. The van der Waals surface area contributed by atoms with Gasteiger partial charge >= 0.3 is 0 Å². The standard InChI is InChI=1S/C11H17ClN2O2S/c1-2-14(9-6-12)17(15,16)10-5-11-3-7-13-8-4-11/h3-4,7-8H,2,5-6,9-10H2,1H3. The fourth-order valence-electron chi connectivity index (χ4n) is 1.51. The summed E-state index contributed by atoms with van der Waals surface area (Å²) in [6, 6.07) is 3.65. The molecule has 1 heterocycles. The second-order valence-electron chi connectivity index (χ2n) is 3.60. The summed E-state index contributed by atoms with van der Waals surface area (Å²) in [6.45, 7) is 2.65. The maximum atomic E-state index is 12.0. The van der Waals surface area contributed by atoms with Gasteiger partial charge in [-0.25, -0.2) is 12.7 Å². The Balaban J connectivity index is 2.60. The fraction of sp³-hybridized carbons (Fsp3) is 0.545. The van der Waals surface area contributed by atoms with Gasteiger partial charge in [-0.15, -0.1) is 11.6 Å². The first-order valence-electron chi connectivity index (χ1n) is 5.53. The van der Waals surface area contributed by atoms with E-state index in [1.165, 1.54) is 4.31 Å². The molecule has 0 radical (unpaired) electrons. The summed E-state index contributed by atoms with van der Waals surface area (Å²) in [5.41, 5.74) is 0.977. The molecule has 0 bridgehead atoms. The number of sulfonamides is 1. The average Bonchev–Trinajstić information content (AvgIpc) is 2.34. The number of rotatable bonds is 7. The Morgan fingerprint density at radius 3 is 2.53 bits per heavy atom. The number of hydrogen-bond donors (Lipinski definition) is 0. The highest BCUT2D eigenvalue weighted by atomic mass is 35.5. The third kappa shape index (κ3) is 4.61. The molecule has 1 aromatic heterocycles. The molecule has 1 aromatic rings. The van der Waals surface area contributed by atoms with E-state index >= 15 is 0 Å². The van der Waals surface area contributed by atoms with E-state index in [1.807, 2.05) is 19.1 Å². The van der Waals surface area contributed by atoms with Gasteiger partial charge in [0.2, 0.25) is 10.0 Å². The molecule has 0 aliphatic rings. The Bertz CT molecular complexity index is 422. The van der Waals surface area contributed by atoms with E-state index in [0.29, 0.717) is 25.4 Å². The van der Waals surface area contributed by atoms with Crippen LogP contribution >= 0.6 is 11.6 Å². The van der Waals surface area contributed by atoms with Gasteiger partial charge in [-0.3, -0.25) is 4.98 Å². The van der Waals surface area contributed by atoms with Crippen molar-refractivity contribution in [1.82, 2.24) is 9.29 Å². The van der Waals surface area contributed by atoms with Gasteiger partial charge in [0.05, 0.1) is 5.75 Å². The highest BCUT2D eigenvalue weighted by Gasteiger charge is 2.19. The molecule has 0 saturated carbocycles. The molecule has 0 saturated heterocycles. The van der Waals surface area contributed by atoms with Crippen molar-refractivity contribution in [1.29, 1.82) is 0 Å². The van der Waals surface area contributed by atoms with Gasteiger partial charge in [0.15, 0.2) is 0 Å². The Morgan fingerprint density at radius 1 is 1.35 bits per heavy atom. The molecule has 0 spiro atoms. The normalized spacial score (nSPS) is 11.9. The summed E-state index contributed by atoms with van der Waals surface area (Å²) in [5, 5.41) is 0. The van der Waals surface area contributed by atoms with Crippen molar-refractivity contribution in [2.45, 2.75) is 13.3 Å². The van der Waals surface area contributed by atoms with Gasteiger partial charge in [0.1, 0.15) is 0 Å². The second-order valence-corrected chi connectivity index (χ2v) is 6.07. The first-order chi connectivity index (χ1) is 8.10. The highest BCUT2D eigenvalue weighted by Crippen LogP contribution is 2.06. The van der Waals surface area contributed by atoms with E-state index in [-0.39, 0.29) is 5.75 Å². The molecule has 0 atom stereocenters. The Labute approximate surface area is 108 Å². The number of hydrogen-bond acceptors (Lipinski definition) is 3. The molecule has 0 amide bonds. The van der Waals surface area contributed by atoms with Crippen molar-refractivity contribution < 1.29 is 8.42 Å². The van der Waals surface area contributed by atoms with Gasteiger partial charge in [-0.2, -0.15) is 0 Å². The monoisotopic (exact) mass is 276 g/mol. The van der Waals surface area contributed by atoms with Crippen molar-refractivity contribution in [2.24, 2.45) is 0 Å². The minimum Gasteiger partial charge on any atom is -0.265 e. The van der Waals surface area contributed by atoms with E-state index in [4.69, 9.17) is 11.6 Å². The van der Waals surface area contributed by atoms with Crippen LogP contribution in [0.1, 0.15) is 12.5 Å². The molecule has 0 unspecified atom stereocenters. The van der Waals surface area contributed by atoms with Gasteiger partial charge in [-0.1, -0.05) is 6.92 Å². The topological polar surface area (TPSA) is 50.3 Å². The molecule has 17 heavy (non-hydrogen) atoms. The van der Waals surface area contributed by atoms with Crippen LogP contribution in [0.4, 0.5) is 0 Å².